The van der Waals surface area contributed by atoms with Crippen LogP contribution in [0.5, 0.6) is 0 Å². The average Bonchev–Trinajstić information content (AvgIpc) is 2.77. The highest BCUT2D eigenvalue weighted by molar-refractivity contribution is 9.10. The minimum atomic E-state index is -0.426. The maximum atomic E-state index is 13.1. The van der Waals surface area contributed by atoms with E-state index in [9.17, 15) is 9.18 Å². The highest BCUT2D eigenvalue weighted by Gasteiger charge is 2.14. The Balaban J connectivity index is 2.12. The van der Waals surface area contributed by atoms with Gasteiger partial charge in [0.2, 0.25) is 0 Å². The van der Waals surface area contributed by atoms with Gasteiger partial charge in [0.05, 0.1) is 6.54 Å². The number of thiophene rings is 1. The Morgan fingerprint density at radius 3 is 2.79 bits per heavy atom. The molecule has 0 aliphatic rings. The highest BCUT2D eigenvalue weighted by atomic mass is 79.9. The molecule has 0 atom stereocenters. The molecule has 0 bridgehead atoms. The van der Waals surface area contributed by atoms with Gasteiger partial charge in [0, 0.05) is 32.2 Å². The van der Waals surface area contributed by atoms with Crippen LogP contribution in [0.3, 0.4) is 0 Å². The van der Waals surface area contributed by atoms with Crippen LogP contribution in [0.2, 0.25) is 0 Å². The van der Waals surface area contributed by atoms with Gasteiger partial charge in [-0.15, -0.1) is 24.0 Å². The SMILES string of the molecule is CN(Cc1cc(Br)cs1)C(=O)c1ccc(F)c(S)c1. The van der Waals surface area contributed by atoms with Crippen molar-refractivity contribution in [2.75, 3.05) is 7.05 Å². The third-order valence-electron chi connectivity index (χ3n) is 2.55. The van der Waals surface area contributed by atoms with Crippen molar-refractivity contribution < 1.29 is 9.18 Å². The molecule has 2 nitrogen and oxygen atoms in total. The molecular formula is C13H11BrFNOS2. The first-order valence-corrected chi connectivity index (χ1v) is 7.56. The summed E-state index contributed by atoms with van der Waals surface area (Å²) in [6.07, 6.45) is 0. The molecule has 1 amide bonds. The molecule has 1 aromatic heterocycles. The Morgan fingerprint density at radius 2 is 2.21 bits per heavy atom. The van der Waals surface area contributed by atoms with E-state index in [2.05, 4.69) is 28.6 Å². The lowest BCUT2D eigenvalue weighted by molar-refractivity contribution is 0.0786. The fraction of sp³-hybridized carbons (Fsp3) is 0.154. The number of hydrogen-bond donors (Lipinski definition) is 1. The molecular weight excluding hydrogens is 349 g/mol. The Morgan fingerprint density at radius 1 is 1.47 bits per heavy atom. The normalized spacial score (nSPS) is 10.5. The number of nitrogens with zero attached hydrogens (tertiary/aromatic N) is 1. The van der Waals surface area contributed by atoms with Gasteiger partial charge in [0.1, 0.15) is 5.82 Å². The van der Waals surface area contributed by atoms with Crippen LogP contribution in [-0.2, 0) is 6.54 Å². The molecule has 0 aliphatic carbocycles. The van der Waals surface area contributed by atoms with Gasteiger partial charge in [0.25, 0.3) is 5.91 Å². The van der Waals surface area contributed by atoms with Crippen LogP contribution in [0, 0.1) is 5.82 Å². The number of halogens is 2. The van der Waals surface area contributed by atoms with Crippen molar-refractivity contribution in [3.8, 4) is 0 Å². The summed E-state index contributed by atoms with van der Waals surface area (Å²) in [5.41, 5.74) is 0.435. The van der Waals surface area contributed by atoms with Crippen molar-refractivity contribution in [1.82, 2.24) is 4.90 Å². The maximum Gasteiger partial charge on any atom is 0.253 e. The number of amides is 1. The number of benzene rings is 1. The summed E-state index contributed by atoms with van der Waals surface area (Å²) in [4.78, 5) is 15.0. The number of carbonyl (C=O) groups excluding carboxylic acids is 1. The zero-order valence-corrected chi connectivity index (χ0v) is 13.4. The van der Waals surface area contributed by atoms with E-state index in [1.807, 2.05) is 11.4 Å². The van der Waals surface area contributed by atoms with Gasteiger partial charge in [-0.1, -0.05) is 0 Å². The van der Waals surface area contributed by atoms with Gasteiger partial charge < -0.3 is 4.90 Å². The van der Waals surface area contributed by atoms with Gasteiger partial charge in [-0.05, 0) is 40.2 Å². The predicted molar refractivity (Wildman–Crippen MR) is 81.5 cm³/mol. The highest BCUT2D eigenvalue weighted by Crippen LogP contribution is 2.22. The molecule has 0 fully saturated rings. The Labute approximate surface area is 128 Å². The third-order valence-corrected chi connectivity index (χ3v) is 4.58. The summed E-state index contributed by atoms with van der Waals surface area (Å²) in [5.74, 6) is -0.579. The van der Waals surface area contributed by atoms with Crippen molar-refractivity contribution in [2.24, 2.45) is 0 Å². The first kappa shape index (κ1) is 14.6. The zero-order chi connectivity index (χ0) is 14.0. The van der Waals surface area contributed by atoms with E-state index in [1.165, 1.54) is 18.2 Å². The van der Waals surface area contributed by atoms with Crippen LogP contribution in [0.4, 0.5) is 4.39 Å². The molecule has 19 heavy (non-hydrogen) atoms. The number of thiol groups is 1. The number of hydrogen-bond acceptors (Lipinski definition) is 3. The molecule has 2 rings (SSSR count). The van der Waals surface area contributed by atoms with E-state index in [4.69, 9.17) is 0 Å². The molecule has 1 heterocycles. The first-order chi connectivity index (χ1) is 8.97. The molecule has 2 aromatic rings. The van der Waals surface area contributed by atoms with Gasteiger partial charge >= 0.3 is 0 Å². The number of carbonyl (C=O) groups is 1. The van der Waals surface area contributed by atoms with E-state index in [1.54, 1.807) is 23.3 Å². The minimum absolute atomic E-state index is 0.153. The molecule has 0 saturated carbocycles. The van der Waals surface area contributed by atoms with Crippen LogP contribution in [0.1, 0.15) is 15.2 Å². The lowest BCUT2D eigenvalue weighted by Crippen LogP contribution is -2.25. The summed E-state index contributed by atoms with van der Waals surface area (Å²) in [5, 5.41) is 1.97. The second-order valence-corrected chi connectivity index (χ2v) is 6.45. The summed E-state index contributed by atoms with van der Waals surface area (Å²) < 4.78 is 14.1. The summed E-state index contributed by atoms with van der Waals surface area (Å²) in [6, 6.07) is 6.15. The van der Waals surface area contributed by atoms with Gasteiger partial charge in [-0.3, -0.25) is 4.79 Å². The Kier molecular flexibility index (Phi) is 4.65. The fourth-order valence-electron chi connectivity index (χ4n) is 1.61. The standard InChI is InChI=1S/C13H11BrFNOS2/c1-16(6-10-5-9(14)7-19-10)13(17)8-2-3-11(15)12(18)4-8/h2-5,7,18H,6H2,1H3. The van der Waals surface area contributed by atoms with Crippen LogP contribution in [0.15, 0.2) is 39.0 Å². The maximum absolute atomic E-state index is 13.1. The third kappa shape index (κ3) is 3.58. The summed E-state index contributed by atoms with van der Waals surface area (Å²) in [6.45, 7) is 0.522. The van der Waals surface area contributed by atoms with Gasteiger partial charge in [0.15, 0.2) is 0 Å². The van der Waals surface area contributed by atoms with E-state index >= 15 is 0 Å². The monoisotopic (exact) mass is 359 g/mol. The molecule has 6 heteroatoms. The molecule has 100 valence electrons. The van der Waals surface area contributed by atoms with Crippen LogP contribution < -0.4 is 0 Å². The van der Waals surface area contributed by atoms with Crippen LogP contribution >= 0.6 is 39.9 Å². The molecule has 1 aromatic carbocycles. The molecule has 0 radical (unpaired) electrons. The summed E-state index contributed by atoms with van der Waals surface area (Å²) >= 11 is 8.94. The van der Waals surface area contributed by atoms with Crippen molar-refractivity contribution in [2.45, 2.75) is 11.4 Å². The molecule has 0 saturated heterocycles. The largest absolute Gasteiger partial charge is 0.337 e. The molecule has 0 spiro atoms. The topological polar surface area (TPSA) is 20.3 Å². The molecule has 0 N–H and O–H groups in total. The van der Waals surface area contributed by atoms with Crippen molar-refractivity contribution >= 4 is 45.8 Å². The van der Waals surface area contributed by atoms with Crippen LogP contribution in [0.25, 0.3) is 0 Å². The summed E-state index contributed by atoms with van der Waals surface area (Å²) in [7, 11) is 1.72. The minimum Gasteiger partial charge on any atom is -0.337 e. The van der Waals surface area contributed by atoms with E-state index < -0.39 is 5.82 Å². The average molecular weight is 360 g/mol. The van der Waals surface area contributed by atoms with E-state index in [0.29, 0.717) is 12.1 Å². The molecule has 0 unspecified atom stereocenters. The Hall–Kier alpha value is -0.850. The zero-order valence-electron chi connectivity index (χ0n) is 10.1. The van der Waals surface area contributed by atoms with Crippen molar-refractivity contribution in [1.29, 1.82) is 0 Å². The Bertz CT molecular complexity index is 614. The second-order valence-electron chi connectivity index (χ2n) is 4.06. The van der Waals surface area contributed by atoms with E-state index in [0.717, 1.165) is 9.35 Å². The predicted octanol–water partition coefficient (Wildman–Crippen LogP) is 4.21. The second kappa shape index (κ2) is 6.07. The quantitative estimate of drug-likeness (QED) is 0.813. The van der Waals surface area contributed by atoms with Gasteiger partial charge in [-0.25, -0.2) is 4.39 Å². The van der Waals surface area contributed by atoms with Gasteiger partial charge in [-0.2, -0.15) is 0 Å². The van der Waals surface area contributed by atoms with Crippen LogP contribution in [-0.4, -0.2) is 17.9 Å². The molecule has 0 aliphatic heterocycles. The van der Waals surface area contributed by atoms with E-state index in [-0.39, 0.29) is 10.8 Å². The fourth-order valence-corrected chi connectivity index (χ4v) is 3.33. The number of rotatable bonds is 3. The smallest absolute Gasteiger partial charge is 0.253 e. The lowest BCUT2D eigenvalue weighted by atomic mass is 10.2. The lowest BCUT2D eigenvalue weighted by Gasteiger charge is -2.16. The van der Waals surface area contributed by atoms with Crippen molar-refractivity contribution in [3.63, 3.8) is 0 Å². The van der Waals surface area contributed by atoms with Crippen molar-refractivity contribution in [3.05, 3.63) is 50.4 Å². The first-order valence-electron chi connectivity index (χ1n) is 5.44.